The highest BCUT2D eigenvalue weighted by atomic mass is 19.4. The lowest BCUT2D eigenvalue weighted by Gasteiger charge is -2.13. The van der Waals surface area contributed by atoms with E-state index in [9.17, 15) is 26.3 Å². The summed E-state index contributed by atoms with van der Waals surface area (Å²) >= 11 is 0. The van der Waals surface area contributed by atoms with Crippen LogP contribution in [-0.4, -0.2) is 24.5 Å². The minimum atomic E-state index is -4.57. The summed E-state index contributed by atoms with van der Waals surface area (Å²) in [6.07, 6.45) is -7.07. The van der Waals surface area contributed by atoms with Crippen LogP contribution in [0.25, 0.3) is 22.6 Å². The third kappa shape index (κ3) is 4.92. The van der Waals surface area contributed by atoms with E-state index >= 15 is 0 Å². The lowest BCUT2D eigenvalue weighted by molar-refractivity contribution is -0.141. The molecule has 0 radical (unpaired) electrons. The van der Waals surface area contributed by atoms with E-state index in [1.807, 2.05) is 0 Å². The molecule has 0 unspecified atom stereocenters. The molecule has 0 atom stereocenters. The maximum atomic E-state index is 13.4. The number of pyridine rings is 1. The number of imidazole rings is 2. The molecule has 5 aromatic rings. The molecule has 3 aromatic heterocycles. The number of nitrogens with one attached hydrogen (secondary N) is 2. The van der Waals surface area contributed by atoms with Crippen LogP contribution in [-0.2, 0) is 19.4 Å². The predicted molar refractivity (Wildman–Crippen MR) is 122 cm³/mol. The summed E-state index contributed by atoms with van der Waals surface area (Å²) in [5.74, 6) is 0.740. The van der Waals surface area contributed by atoms with Crippen molar-refractivity contribution in [2.75, 3.05) is 5.32 Å². The van der Waals surface area contributed by atoms with Crippen molar-refractivity contribution >= 4 is 22.7 Å². The van der Waals surface area contributed by atoms with Gasteiger partial charge in [-0.15, -0.1) is 0 Å². The van der Waals surface area contributed by atoms with Gasteiger partial charge in [-0.05, 0) is 30.3 Å². The summed E-state index contributed by atoms with van der Waals surface area (Å²) in [5, 5.41) is 2.74. The van der Waals surface area contributed by atoms with Crippen molar-refractivity contribution in [3.63, 3.8) is 0 Å². The fraction of sp³-hybridized carbons (Fsp3) is 0.125. The third-order valence-electron chi connectivity index (χ3n) is 5.42. The quantitative estimate of drug-likeness (QED) is 0.247. The molecular weight excluding hydrogens is 502 g/mol. The van der Waals surface area contributed by atoms with Gasteiger partial charge in [0.25, 0.3) is 0 Å². The maximum absolute atomic E-state index is 13.4. The average Bonchev–Trinajstić information content (AvgIpc) is 3.45. The number of hydrogen-bond acceptors (Lipinski definition) is 5. The monoisotopic (exact) mass is 518 g/mol. The molecule has 0 aliphatic carbocycles. The Kier molecular flexibility index (Phi) is 5.77. The number of aryl methyl sites for hydroxylation is 1. The normalized spacial score (nSPS) is 12.2. The number of fused-ring (bicyclic) bond motifs is 1. The van der Waals surface area contributed by atoms with Crippen LogP contribution in [0.5, 0.6) is 11.5 Å². The summed E-state index contributed by atoms with van der Waals surface area (Å²) in [7, 11) is 1.65. The van der Waals surface area contributed by atoms with Gasteiger partial charge in [0.2, 0.25) is 5.95 Å². The summed E-state index contributed by atoms with van der Waals surface area (Å²) in [4.78, 5) is 14.3. The Bertz CT molecular complexity index is 1590. The van der Waals surface area contributed by atoms with E-state index in [1.54, 1.807) is 29.8 Å². The third-order valence-corrected chi connectivity index (χ3v) is 5.42. The molecule has 0 bridgehead atoms. The van der Waals surface area contributed by atoms with Gasteiger partial charge in [-0.2, -0.15) is 26.3 Å². The zero-order valence-electron chi connectivity index (χ0n) is 18.8. The number of halogens is 6. The summed E-state index contributed by atoms with van der Waals surface area (Å²) in [6.45, 7) is 0. The number of H-pyrrole nitrogens is 1. The van der Waals surface area contributed by atoms with Gasteiger partial charge in [0.1, 0.15) is 22.9 Å². The van der Waals surface area contributed by atoms with E-state index in [0.29, 0.717) is 23.0 Å². The second-order valence-corrected chi connectivity index (χ2v) is 7.94. The lowest BCUT2D eigenvalue weighted by Crippen LogP contribution is -2.10. The zero-order valence-corrected chi connectivity index (χ0v) is 18.8. The molecule has 3 heterocycles. The molecule has 13 heteroatoms. The van der Waals surface area contributed by atoms with E-state index in [-0.39, 0.29) is 28.9 Å². The SMILES string of the molecule is Cn1c(Nc2ccccc2C(F)(F)F)nc2cc(Oc3ccnc(-c4ncc(C(F)(F)F)[nH]4)c3)ccc21. The van der Waals surface area contributed by atoms with E-state index in [0.717, 1.165) is 6.07 Å². The van der Waals surface area contributed by atoms with Gasteiger partial charge in [0.05, 0.1) is 28.5 Å². The standard InChI is InChI=1S/C24H16F6N6O/c1-36-19-7-6-13(10-17(19)34-22(36)33-16-5-3-2-4-15(16)23(25,26)27)37-14-8-9-31-18(11-14)21-32-12-20(35-21)24(28,29)30/h2-12H,1H3,(H,32,35)(H,33,34). The first kappa shape index (κ1) is 24.2. The Balaban J connectivity index is 1.40. The highest BCUT2D eigenvalue weighted by Crippen LogP contribution is 2.36. The van der Waals surface area contributed by atoms with E-state index in [1.165, 1.54) is 36.5 Å². The number of para-hydroxylation sites is 1. The average molecular weight is 518 g/mol. The molecule has 2 aromatic carbocycles. The number of aromatic nitrogens is 5. The summed E-state index contributed by atoms with van der Waals surface area (Å²) in [6, 6.07) is 12.9. The summed E-state index contributed by atoms with van der Waals surface area (Å²) in [5.41, 5.74) is -0.744. The second kappa shape index (κ2) is 8.84. The highest BCUT2D eigenvalue weighted by molar-refractivity contribution is 5.81. The molecule has 7 nitrogen and oxygen atoms in total. The van der Waals surface area contributed by atoms with E-state index < -0.39 is 23.6 Å². The topological polar surface area (TPSA) is 80.7 Å². The first-order chi connectivity index (χ1) is 17.5. The zero-order chi connectivity index (χ0) is 26.4. The molecule has 0 saturated carbocycles. The minimum Gasteiger partial charge on any atom is -0.457 e. The van der Waals surface area contributed by atoms with Crippen LogP contribution in [0.15, 0.2) is 67.0 Å². The molecule has 0 spiro atoms. The van der Waals surface area contributed by atoms with Gasteiger partial charge >= 0.3 is 12.4 Å². The van der Waals surface area contributed by atoms with E-state index in [2.05, 4.69) is 25.3 Å². The number of rotatable bonds is 5. The van der Waals surface area contributed by atoms with Crippen LogP contribution in [0.3, 0.4) is 0 Å². The first-order valence-corrected chi connectivity index (χ1v) is 10.7. The molecule has 2 N–H and O–H groups in total. The Morgan fingerprint density at radius 1 is 0.892 bits per heavy atom. The maximum Gasteiger partial charge on any atom is 0.432 e. The number of benzene rings is 2. The highest BCUT2D eigenvalue weighted by Gasteiger charge is 2.34. The molecule has 0 aliphatic heterocycles. The van der Waals surface area contributed by atoms with Crippen LogP contribution in [0.4, 0.5) is 38.0 Å². The molecule has 0 aliphatic rings. The van der Waals surface area contributed by atoms with Crippen molar-refractivity contribution in [3.8, 4) is 23.0 Å². The second-order valence-electron chi connectivity index (χ2n) is 7.94. The van der Waals surface area contributed by atoms with Crippen LogP contribution in [0.1, 0.15) is 11.3 Å². The van der Waals surface area contributed by atoms with Crippen molar-refractivity contribution < 1.29 is 31.1 Å². The lowest BCUT2D eigenvalue weighted by atomic mass is 10.1. The van der Waals surface area contributed by atoms with Crippen LogP contribution >= 0.6 is 0 Å². The molecule has 37 heavy (non-hydrogen) atoms. The van der Waals surface area contributed by atoms with Gasteiger partial charge in [-0.1, -0.05) is 12.1 Å². The minimum absolute atomic E-state index is 0.0761. The van der Waals surface area contributed by atoms with Crippen molar-refractivity contribution in [1.29, 1.82) is 0 Å². The van der Waals surface area contributed by atoms with Gasteiger partial charge < -0.3 is 19.6 Å². The van der Waals surface area contributed by atoms with Crippen molar-refractivity contribution in [2.24, 2.45) is 7.05 Å². The molecule has 0 amide bonds. The number of hydrogen-bond donors (Lipinski definition) is 2. The fourth-order valence-electron chi connectivity index (χ4n) is 3.65. The van der Waals surface area contributed by atoms with Gasteiger partial charge in [0, 0.05) is 25.4 Å². The number of alkyl halides is 6. The van der Waals surface area contributed by atoms with E-state index in [4.69, 9.17) is 4.74 Å². The largest absolute Gasteiger partial charge is 0.457 e. The number of aromatic amines is 1. The Morgan fingerprint density at radius 2 is 1.65 bits per heavy atom. The molecule has 0 fully saturated rings. The Hall–Kier alpha value is -4.55. The van der Waals surface area contributed by atoms with Crippen LogP contribution < -0.4 is 10.1 Å². The Morgan fingerprint density at radius 3 is 2.38 bits per heavy atom. The van der Waals surface area contributed by atoms with Gasteiger partial charge in [0.15, 0.2) is 5.82 Å². The summed E-state index contributed by atoms with van der Waals surface area (Å²) < 4.78 is 86.1. The predicted octanol–water partition coefficient (Wildman–Crippen LogP) is 6.93. The fourth-order valence-corrected chi connectivity index (χ4v) is 3.65. The molecule has 5 rings (SSSR count). The molecular formula is C24H16F6N6O. The van der Waals surface area contributed by atoms with Gasteiger partial charge in [-0.3, -0.25) is 4.98 Å². The first-order valence-electron chi connectivity index (χ1n) is 10.7. The van der Waals surface area contributed by atoms with Gasteiger partial charge in [-0.25, -0.2) is 9.97 Å². The van der Waals surface area contributed by atoms with Crippen molar-refractivity contribution in [1.82, 2.24) is 24.5 Å². The van der Waals surface area contributed by atoms with Crippen molar-refractivity contribution in [2.45, 2.75) is 12.4 Å². The smallest absolute Gasteiger partial charge is 0.432 e. The van der Waals surface area contributed by atoms with Crippen molar-refractivity contribution in [3.05, 3.63) is 78.2 Å². The number of anilines is 2. The molecule has 0 saturated heterocycles. The van der Waals surface area contributed by atoms with Crippen LogP contribution in [0, 0.1) is 0 Å². The Labute approximate surface area is 204 Å². The number of ether oxygens (including phenoxy) is 1. The van der Waals surface area contributed by atoms with Crippen LogP contribution in [0.2, 0.25) is 0 Å². The molecule has 190 valence electrons. The number of nitrogens with zero attached hydrogens (tertiary/aromatic N) is 4.